The van der Waals surface area contributed by atoms with Crippen molar-refractivity contribution in [3.05, 3.63) is 70.8 Å². The third-order valence-electron chi connectivity index (χ3n) is 5.57. The molecule has 2 aromatic carbocycles. The number of halogens is 1. The van der Waals surface area contributed by atoms with E-state index in [1.54, 1.807) is 7.05 Å². The summed E-state index contributed by atoms with van der Waals surface area (Å²) in [5.74, 6) is 0.933. The van der Waals surface area contributed by atoms with Crippen LogP contribution < -0.4 is 10.6 Å². The summed E-state index contributed by atoms with van der Waals surface area (Å²) in [7, 11) is 1.66. The van der Waals surface area contributed by atoms with E-state index in [1.165, 1.54) is 11.1 Å². The molecule has 1 aliphatic heterocycles. The maximum absolute atomic E-state index is 11.8. The van der Waals surface area contributed by atoms with Crippen LogP contribution in [0, 0.1) is 6.92 Å². The number of piperazine rings is 1. The second-order valence-electron chi connectivity index (χ2n) is 8.02. The number of nitrogens with zero attached hydrogens (tertiary/aromatic N) is 3. The Morgan fingerprint density at radius 3 is 2.44 bits per heavy atom. The second-order valence-corrected chi connectivity index (χ2v) is 8.02. The van der Waals surface area contributed by atoms with Crippen molar-refractivity contribution in [3.8, 4) is 0 Å². The number of benzene rings is 2. The number of aryl methyl sites for hydroxylation is 1. The quantitative estimate of drug-likeness (QED) is 0.316. The minimum Gasteiger partial charge on any atom is -0.357 e. The minimum absolute atomic E-state index is 0. The minimum atomic E-state index is -0.0535. The summed E-state index contributed by atoms with van der Waals surface area (Å²) >= 11 is 0. The Morgan fingerprint density at radius 1 is 1.03 bits per heavy atom. The number of carbonyl (C=O) groups is 1. The van der Waals surface area contributed by atoms with Gasteiger partial charge in [0.2, 0.25) is 0 Å². The van der Waals surface area contributed by atoms with E-state index in [9.17, 15) is 4.79 Å². The number of hydrogen-bond donors (Lipinski definition) is 2. The highest BCUT2D eigenvalue weighted by atomic mass is 127. The Morgan fingerprint density at radius 2 is 1.75 bits per heavy atom. The van der Waals surface area contributed by atoms with Gasteiger partial charge in [0.25, 0.3) is 5.91 Å². The molecule has 0 aromatic heterocycles. The maximum atomic E-state index is 11.8. The molecular weight excluding hydrogens is 513 g/mol. The first-order valence-corrected chi connectivity index (χ1v) is 11.2. The molecule has 0 unspecified atom stereocenters. The van der Waals surface area contributed by atoms with Gasteiger partial charge in [0.1, 0.15) is 0 Å². The van der Waals surface area contributed by atoms with Crippen molar-refractivity contribution in [2.24, 2.45) is 4.99 Å². The number of rotatable bonds is 7. The van der Waals surface area contributed by atoms with Crippen LogP contribution in [-0.4, -0.2) is 68.0 Å². The molecule has 6 nitrogen and oxygen atoms in total. The van der Waals surface area contributed by atoms with Crippen LogP contribution in [0.15, 0.2) is 53.5 Å². The zero-order valence-corrected chi connectivity index (χ0v) is 21.8. The third-order valence-corrected chi connectivity index (χ3v) is 5.57. The van der Waals surface area contributed by atoms with Crippen molar-refractivity contribution in [2.45, 2.75) is 26.8 Å². The second kappa shape index (κ2) is 13.4. The standard InChI is InChI=1S/C25H35N5O.HI/c1-4-27-25(28-12-11-21-8-6-10-23(18-21)24(31)26-3)30-15-13-29(14-16-30)19-22-9-5-7-20(2)17-22;/h5-10,17-18H,4,11-16,19H2,1-3H3,(H,26,31)(H,27,28);1H. The van der Waals surface area contributed by atoms with E-state index in [-0.39, 0.29) is 29.9 Å². The van der Waals surface area contributed by atoms with E-state index < -0.39 is 0 Å². The Kier molecular flexibility index (Phi) is 11.0. The third kappa shape index (κ3) is 7.78. The molecule has 1 amide bonds. The SMILES string of the molecule is CCNC(=NCCc1cccc(C(=O)NC)c1)N1CCN(Cc2cccc(C)c2)CC1.I. The highest BCUT2D eigenvalue weighted by molar-refractivity contribution is 14.0. The fourth-order valence-electron chi connectivity index (χ4n) is 3.92. The first-order chi connectivity index (χ1) is 15.1. The van der Waals surface area contributed by atoms with Gasteiger partial charge in [0.15, 0.2) is 5.96 Å². The Balaban J connectivity index is 0.00000363. The predicted octanol–water partition coefficient (Wildman–Crippen LogP) is 3.30. The fourth-order valence-corrected chi connectivity index (χ4v) is 3.92. The number of nitrogens with one attached hydrogen (secondary N) is 2. The van der Waals surface area contributed by atoms with Crippen molar-refractivity contribution < 1.29 is 4.79 Å². The molecule has 0 saturated carbocycles. The summed E-state index contributed by atoms with van der Waals surface area (Å²) in [6.45, 7) is 10.8. The average Bonchev–Trinajstić information content (AvgIpc) is 2.79. The molecule has 2 aromatic rings. The van der Waals surface area contributed by atoms with Gasteiger partial charge in [-0.1, -0.05) is 42.0 Å². The number of hydrogen-bond acceptors (Lipinski definition) is 3. The molecule has 1 aliphatic rings. The molecule has 0 radical (unpaired) electrons. The Labute approximate surface area is 209 Å². The Hall–Kier alpha value is -2.13. The van der Waals surface area contributed by atoms with E-state index in [1.807, 2.05) is 18.2 Å². The van der Waals surface area contributed by atoms with Crippen molar-refractivity contribution in [3.63, 3.8) is 0 Å². The van der Waals surface area contributed by atoms with Crippen LogP contribution in [0.5, 0.6) is 0 Å². The van der Waals surface area contributed by atoms with Gasteiger partial charge in [-0.05, 0) is 43.5 Å². The van der Waals surface area contributed by atoms with Crippen LogP contribution in [0.4, 0.5) is 0 Å². The zero-order chi connectivity index (χ0) is 22.1. The molecule has 7 heteroatoms. The molecule has 2 N–H and O–H groups in total. The molecular formula is C25H36IN5O. The van der Waals surface area contributed by atoms with Gasteiger partial charge in [-0.15, -0.1) is 24.0 Å². The summed E-state index contributed by atoms with van der Waals surface area (Å²) in [5.41, 5.74) is 4.52. The molecule has 1 saturated heterocycles. The van der Waals surface area contributed by atoms with E-state index in [0.29, 0.717) is 12.1 Å². The number of aliphatic imine (C=N–C) groups is 1. The van der Waals surface area contributed by atoms with Gasteiger partial charge in [0, 0.05) is 58.4 Å². The van der Waals surface area contributed by atoms with Gasteiger partial charge in [-0.3, -0.25) is 14.7 Å². The molecule has 174 valence electrons. The van der Waals surface area contributed by atoms with E-state index in [4.69, 9.17) is 4.99 Å². The number of amides is 1. The molecule has 1 fully saturated rings. The zero-order valence-electron chi connectivity index (χ0n) is 19.4. The van der Waals surface area contributed by atoms with Crippen molar-refractivity contribution in [1.29, 1.82) is 0 Å². The van der Waals surface area contributed by atoms with Crippen molar-refractivity contribution in [1.82, 2.24) is 20.4 Å². The highest BCUT2D eigenvalue weighted by Gasteiger charge is 2.19. The fraction of sp³-hybridized carbons (Fsp3) is 0.440. The molecule has 1 heterocycles. The largest absolute Gasteiger partial charge is 0.357 e. The molecule has 0 spiro atoms. The number of carbonyl (C=O) groups excluding carboxylic acids is 1. The van der Waals surface area contributed by atoms with Crippen LogP contribution in [0.25, 0.3) is 0 Å². The van der Waals surface area contributed by atoms with Crippen molar-refractivity contribution >= 4 is 35.8 Å². The summed E-state index contributed by atoms with van der Waals surface area (Å²) in [6, 6.07) is 16.6. The molecule has 0 aliphatic carbocycles. The number of guanidine groups is 1. The normalized spacial score (nSPS) is 14.6. The summed E-state index contributed by atoms with van der Waals surface area (Å²) < 4.78 is 0. The lowest BCUT2D eigenvalue weighted by molar-refractivity contribution is 0.0963. The Bertz CT molecular complexity index is 893. The average molecular weight is 550 g/mol. The van der Waals surface area contributed by atoms with Crippen LogP contribution in [0.3, 0.4) is 0 Å². The lowest BCUT2D eigenvalue weighted by atomic mass is 10.1. The molecule has 0 atom stereocenters. The van der Waals surface area contributed by atoms with Gasteiger partial charge in [-0.2, -0.15) is 0 Å². The molecule has 0 bridgehead atoms. The van der Waals surface area contributed by atoms with E-state index in [0.717, 1.165) is 57.2 Å². The molecule has 32 heavy (non-hydrogen) atoms. The predicted molar refractivity (Wildman–Crippen MR) is 143 cm³/mol. The lowest BCUT2D eigenvalue weighted by Crippen LogP contribution is -2.52. The highest BCUT2D eigenvalue weighted by Crippen LogP contribution is 2.11. The smallest absolute Gasteiger partial charge is 0.251 e. The van der Waals surface area contributed by atoms with Crippen LogP contribution in [0.1, 0.15) is 34.0 Å². The van der Waals surface area contributed by atoms with Gasteiger partial charge in [0.05, 0.1) is 0 Å². The van der Waals surface area contributed by atoms with Crippen LogP contribution in [-0.2, 0) is 13.0 Å². The summed E-state index contributed by atoms with van der Waals surface area (Å²) in [6.07, 6.45) is 0.813. The van der Waals surface area contributed by atoms with Gasteiger partial charge >= 0.3 is 0 Å². The first kappa shape index (κ1) is 26.1. The van der Waals surface area contributed by atoms with Crippen molar-refractivity contribution in [2.75, 3.05) is 46.3 Å². The van der Waals surface area contributed by atoms with Crippen LogP contribution >= 0.6 is 24.0 Å². The lowest BCUT2D eigenvalue weighted by Gasteiger charge is -2.36. The van der Waals surface area contributed by atoms with E-state index >= 15 is 0 Å². The summed E-state index contributed by atoms with van der Waals surface area (Å²) in [5, 5.41) is 6.12. The molecule has 3 rings (SSSR count). The van der Waals surface area contributed by atoms with Gasteiger partial charge in [-0.25, -0.2) is 0 Å². The topological polar surface area (TPSA) is 60.0 Å². The monoisotopic (exact) mass is 549 g/mol. The summed E-state index contributed by atoms with van der Waals surface area (Å²) in [4.78, 5) is 21.6. The van der Waals surface area contributed by atoms with E-state index in [2.05, 4.69) is 64.6 Å². The first-order valence-electron chi connectivity index (χ1n) is 11.2. The maximum Gasteiger partial charge on any atom is 0.251 e. The van der Waals surface area contributed by atoms with Gasteiger partial charge < -0.3 is 15.5 Å². The van der Waals surface area contributed by atoms with Crippen LogP contribution in [0.2, 0.25) is 0 Å².